The second kappa shape index (κ2) is 12.0. The Kier molecular flexibility index (Phi) is 10.5. The van der Waals surface area contributed by atoms with E-state index in [1.807, 2.05) is 30.3 Å². The Morgan fingerprint density at radius 2 is 1.78 bits per heavy atom. The average molecular weight is 393 g/mol. The molecule has 0 aliphatic heterocycles. The van der Waals surface area contributed by atoms with Crippen molar-refractivity contribution in [2.75, 3.05) is 26.2 Å². The first-order valence-electron chi connectivity index (χ1n) is 9.87. The molecule has 1 aliphatic carbocycles. The van der Waals surface area contributed by atoms with E-state index in [-0.39, 0.29) is 30.8 Å². The van der Waals surface area contributed by atoms with E-state index in [0.717, 1.165) is 38.8 Å². The van der Waals surface area contributed by atoms with Crippen LogP contribution in [0.2, 0.25) is 0 Å². The lowest BCUT2D eigenvalue weighted by Gasteiger charge is -2.37. The molecule has 27 heavy (non-hydrogen) atoms. The summed E-state index contributed by atoms with van der Waals surface area (Å²) in [4.78, 5) is 15.2. The van der Waals surface area contributed by atoms with Gasteiger partial charge in [0.2, 0.25) is 0 Å². The van der Waals surface area contributed by atoms with Crippen molar-refractivity contribution in [2.24, 2.45) is 5.92 Å². The van der Waals surface area contributed by atoms with Crippen molar-refractivity contribution in [3.8, 4) is 11.8 Å². The fourth-order valence-corrected chi connectivity index (χ4v) is 3.70. The summed E-state index contributed by atoms with van der Waals surface area (Å²) in [6.07, 6.45) is 5.08. The molecule has 1 aliphatic rings. The van der Waals surface area contributed by atoms with Crippen LogP contribution in [-0.4, -0.2) is 42.1 Å². The highest BCUT2D eigenvalue weighted by atomic mass is 35.5. The third-order valence-electron chi connectivity index (χ3n) is 5.42. The van der Waals surface area contributed by atoms with E-state index >= 15 is 0 Å². The highest BCUT2D eigenvalue weighted by Gasteiger charge is 2.45. The second-order valence-electron chi connectivity index (χ2n) is 6.96. The number of hydrogen-bond donors (Lipinski definition) is 2. The molecule has 1 amide bonds. The number of amides is 1. The molecule has 1 unspecified atom stereocenters. The van der Waals surface area contributed by atoms with Gasteiger partial charge in [0.05, 0.1) is 13.1 Å². The highest BCUT2D eigenvalue weighted by molar-refractivity contribution is 5.87. The van der Waals surface area contributed by atoms with Crippen molar-refractivity contribution in [3.05, 3.63) is 35.9 Å². The van der Waals surface area contributed by atoms with Gasteiger partial charge in [0, 0.05) is 5.92 Å². The first-order chi connectivity index (χ1) is 12.6. The Hall–Kier alpha value is -1.54. The standard InChI is InChI=1S/C22H32N2O2.ClH/c1-3-24(4-2)18-12-11-17-23-21(25)22(26,19-13-7-5-8-14-19)20-15-9-6-10-16-20;/h5,7-8,13-14,20,26H,3-4,6,9-10,15-18H2,1-2H3,(H,23,25);1H. The number of benzene rings is 1. The number of nitrogens with one attached hydrogen (secondary N) is 1. The smallest absolute Gasteiger partial charge is 0.257 e. The van der Waals surface area contributed by atoms with Crippen LogP contribution in [0.3, 0.4) is 0 Å². The molecular formula is C22H33ClN2O2. The SMILES string of the molecule is CCN(CC)CC#CCNC(=O)C(O)(c1ccccc1)C1CCCCC1.Cl. The number of carbonyl (C=O) groups is 1. The maximum Gasteiger partial charge on any atom is 0.257 e. The molecular weight excluding hydrogens is 360 g/mol. The zero-order valence-corrected chi connectivity index (χ0v) is 17.4. The molecule has 0 heterocycles. The Bertz CT molecular complexity index is 616. The maximum absolute atomic E-state index is 12.9. The van der Waals surface area contributed by atoms with Gasteiger partial charge in [0.15, 0.2) is 5.60 Å². The normalized spacial score (nSPS) is 16.6. The maximum atomic E-state index is 12.9. The zero-order chi connectivity index (χ0) is 18.8. The second-order valence-corrected chi connectivity index (χ2v) is 6.96. The van der Waals surface area contributed by atoms with Crippen molar-refractivity contribution >= 4 is 18.3 Å². The molecule has 0 saturated heterocycles. The van der Waals surface area contributed by atoms with Gasteiger partial charge in [-0.3, -0.25) is 9.69 Å². The Morgan fingerprint density at radius 1 is 1.15 bits per heavy atom. The van der Waals surface area contributed by atoms with Crippen molar-refractivity contribution in [1.29, 1.82) is 0 Å². The number of halogens is 1. The molecule has 1 aromatic rings. The minimum absolute atomic E-state index is 0. The largest absolute Gasteiger partial charge is 0.375 e. The fourth-order valence-electron chi connectivity index (χ4n) is 3.70. The summed E-state index contributed by atoms with van der Waals surface area (Å²) >= 11 is 0. The summed E-state index contributed by atoms with van der Waals surface area (Å²) in [5.74, 6) is 5.73. The molecule has 2 rings (SSSR count). The van der Waals surface area contributed by atoms with Crippen LogP contribution in [0.4, 0.5) is 0 Å². The highest BCUT2D eigenvalue weighted by Crippen LogP contribution is 2.39. The van der Waals surface area contributed by atoms with Crippen LogP contribution in [0.5, 0.6) is 0 Å². The van der Waals surface area contributed by atoms with Crippen molar-refractivity contribution in [2.45, 2.75) is 51.6 Å². The van der Waals surface area contributed by atoms with Crippen LogP contribution >= 0.6 is 12.4 Å². The predicted molar refractivity (Wildman–Crippen MR) is 113 cm³/mol. The molecule has 0 spiro atoms. The van der Waals surface area contributed by atoms with Gasteiger partial charge in [0.25, 0.3) is 5.91 Å². The molecule has 1 aromatic carbocycles. The van der Waals surface area contributed by atoms with E-state index in [0.29, 0.717) is 12.1 Å². The van der Waals surface area contributed by atoms with E-state index in [2.05, 4.69) is 35.9 Å². The lowest BCUT2D eigenvalue weighted by molar-refractivity contribution is -0.149. The zero-order valence-electron chi connectivity index (χ0n) is 16.5. The summed E-state index contributed by atoms with van der Waals surface area (Å²) in [7, 11) is 0. The minimum Gasteiger partial charge on any atom is -0.375 e. The molecule has 1 atom stereocenters. The lowest BCUT2D eigenvalue weighted by atomic mass is 9.73. The topological polar surface area (TPSA) is 52.6 Å². The lowest BCUT2D eigenvalue weighted by Crippen LogP contribution is -2.50. The third kappa shape index (κ3) is 6.24. The first kappa shape index (κ1) is 23.5. The quantitative estimate of drug-likeness (QED) is 0.700. The number of hydrogen-bond acceptors (Lipinski definition) is 3. The Morgan fingerprint density at radius 3 is 2.37 bits per heavy atom. The van der Waals surface area contributed by atoms with Gasteiger partial charge in [-0.2, -0.15) is 0 Å². The molecule has 1 saturated carbocycles. The van der Waals surface area contributed by atoms with Crippen LogP contribution in [0.25, 0.3) is 0 Å². The molecule has 0 bridgehead atoms. The summed E-state index contributed by atoms with van der Waals surface area (Å²) in [5, 5.41) is 14.3. The molecule has 0 aromatic heterocycles. The van der Waals surface area contributed by atoms with Crippen molar-refractivity contribution < 1.29 is 9.90 Å². The third-order valence-corrected chi connectivity index (χ3v) is 5.42. The first-order valence-corrected chi connectivity index (χ1v) is 9.87. The molecule has 2 N–H and O–H groups in total. The Balaban J connectivity index is 0.00000364. The van der Waals surface area contributed by atoms with Gasteiger partial charge >= 0.3 is 0 Å². The average Bonchev–Trinajstić information content (AvgIpc) is 2.71. The van der Waals surface area contributed by atoms with E-state index in [9.17, 15) is 9.90 Å². The van der Waals surface area contributed by atoms with E-state index in [1.165, 1.54) is 6.42 Å². The van der Waals surface area contributed by atoms with Gasteiger partial charge < -0.3 is 10.4 Å². The molecule has 0 radical (unpaired) electrons. The van der Waals surface area contributed by atoms with E-state index < -0.39 is 5.60 Å². The Labute approximate surface area is 170 Å². The number of aliphatic hydroxyl groups is 1. The van der Waals surface area contributed by atoms with Gasteiger partial charge in [-0.15, -0.1) is 12.4 Å². The van der Waals surface area contributed by atoms with Gasteiger partial charge in [0.1, 0.15) is 0 Å². The van der Waals surface area contributed by atoms with E-state index in [1.54, 1.807) is 0 Å². The summed E-state index contributed by atoms with van der Waals surface area (Å²) < 4.78 is 0. The van der Waals surface area contributed by atoms with Crippen LogP contribution in [0, 0.1) is 17.8 Å². The number of rotatable bonds is 7. The van der Waals surface area contributed by atoms with Gasteiger partial charge in [-0.1, -0.05) is 75.3 Å². The van der Waals surface area contributed by atoms with Crippen LogP contribution < -0.4 is 5.32 Å². The molecule has 4 nitrogen and oxygen atoms in total. The van der Waals surface area contributed by atoms with Crippen LogP contribution in [0.15, 0.2) is 30.3 Å². The summed E-state index contributed by atoms with van der Waals surface area (Å²) in [5.41, 5.74) is -0.789. The van der Waals surface area contributed by atoms with Gasteiger partial charge in [-0.25, -0.2) is 0 Å². The van der Waals surface area contributed by atoms with Crippen molar-refractivity contribution in [3.63, 3.8) is 0 Å². The fraction of sp³-hybridized carbons (Fsp3) is 0.591. The predicted octanol–water partition coefficient (Wildman–Crippen LogP) is 3.34. The number of carbonyl (C=O) groups excluding carboxylic acids is 1. The van der Waals surface area contributed by atoms with Gasteiger partial charge in [-0.05, 0) is 31.5 Å². The molecule has 5 heteroatoms. The molecule has 150 valence electrons. The van der Waals surface area contributed by atoms with Crippen LogP contribution in [0.1, 0.15) is 51.5 Å². The van der Waals surface area contributed by atoms with Crippen LogP contribution in [-0.2, 0) is 10.4 Å². The van der Waals surface area contributed by atoms with Crippen molar-refractivity contribution in [1.82, 2.24) is 10.2 Å². The molecule has 1 fully saturated rings. The summed E-state index contributed by atoms with van der Waals surface area (Å²) in [6, 6.07) is 9.35. The monoisotopic (exact) mass is 392 g/mol. The van der Waals surface area contributed by atoms with E-state index in [4.69, 9.17) is 0 Å². The summed E-state index contributed by atoms with van der Waals surface area (Å²) in [6.45, 7) is 7.12. The number of nitrogens with zero attached hydrogens (tertiary/aromatic N) is 1. The minimum atomic E-state index is -1.47.